The molecule has 0 aliphatic rings. The molecule has 0 aromatic carbocycles. The molecule has 5 N–H and O–H groups in total. The van der Waals surface area contributed by atoms with Crippen LogP contribution >= 0.6 is 0 Å². The third-order valence-corrected chi connectivity index (χ3v) is 2.05. The lowest BCUT2D eigenvalue weighted by molar-refractivity contribution is -0.137. The van der Waals surface area contributed by atoms with Crippen LogP contribution in [0.15, 0.2) is 5.11 Å². The van der Waals surface area contributed by atoms with Gasteiger partial charge in [0.15, 0.2) is 0 Å². The first kappa shape index (κ1) is 19.7. The highest BCUT2D eigenvalue weighted by Gasteiger charge is 2.09. The van der Waals surface area contributed by atoms with E-state index in [1.165, 1.54) is 0 Å². The van der Waals surface area contributed by atoms with Gasteiger partial charge in [-0.05, 0) is 5.53 Å². The van der Waals surface area contributed by atoms with Crippen molar-refractivity contribution >= 4 is 29.6 Å². The Hall–Kier alpha value is -3.34. The number of nitrogens with one attached hydrogen (secondary N) is 4. The summed E-state index contributed by atoms with van der Waals surface area (Å²) in [6.07, 6.45) is 0. The molecule has 0 atom stereocenters. The Morgan fingerprint density at radius 3 is 1.57 bits per heavy atom. The standard InChI is InChI=1S/C10H15N7O6/c11-17-16-4-9(21)14-2-7(19)12-1-6(18)13-3-8(20)15-5-10(22)23/h1-5H2,(H,12,19)(H,13,18)(H,14,21)(H,15,20)(H,22,23). The first-order valence-electron chi connectivity index (χ1n) is 6.14. The molecule has 0 unspecified atom stereocenters. The largest absolute Gasteiger partial charge is 0.480 e. The van der Waals surface area contributed by atoms with E-state index in [4.69, 9.17) is 10.6 Å². The van der Waals surface area contributed by atoms with Crippen molar-refractivity contribution in [1.82, 2.24) is 21.3 Å². The topological polar surface area (TPSA) is 202 Å². The smallest absolute Gasteiger partial charge is 0.322 e. The van der Waals surface area contributed by atoms with Gasteiger partial charge in [0.05, 0.1) is 19.6 Å². The summed E-state index contributed by atoms with van der Waals surface area (Å²) >= 11 is 0. The van der Waals surface area contributed by atoms with Gasteiger partial charge in [-0.1, -0.05) is 5.11 Å². The minimum absolute atomic E-state index is 0.411. The van der Waals surface area contributed by atoms with Crippen molar-refractivity contribution in [3.05, 3.63) is 10.4 Å². The number of aliphatic carboxylic acids is 1. The van der Waals surface area contributed by atoms with Crippen molar-refractivity contribution < 1.29 is 29.1 Å². The highest BCUT2D eigenvalue weighted by molar-refractivity contribution is 5.90. The molecule has 0 aliphatic carbocycles. The number of hydrogen-bond donors (Lipinski definition) is 5. The van der Waals surface area contributed by atoms with Crippen LogP contribution in [0.1, 0.15) is 0 Å². The molecule has 0 saturated carbocycles. The van der Waals surface area contributed by atoms with Crippen LogP contribution in [0, 0.1) is 0 Å². The number of carbonyl (C=O) groups is 5. The van der Waals surface area contributed by atoms with Gasteiger partial charge in [-0.2, -0.15) is 0 Å². The molecule has 0 spiro atoms. The normalized spacial score (nSPS) is 9.04. The second kappa shape index (κ2) is 11.3. The quantitative estimate of drug-likeness (QED) is 0.159. The van der Waals surface area contributed by atoms with Crippen LogP contribution in [0.4, 0.5) is 0 Å². The van der Waals surface area contributed by atoms with E-state index in [1.54, 1.807) is 0 Å². The zero-order valence-corrected chi connectivity index (χ0v) is 11.9. The number of rotatable bonds is 10. The molecule has 13 heteroatoms. The van der Waals surface area contributed by atoms with E-state index in [1.807, 2.05) is 5.32 Å². The van der Waals surface area contributed by atoms with E-state index in [0.29, 0.717) is 0 Å². The fraction of sp³-hybridized carbons (Fsp3) is 0.500. The second-order valence-electron chi connectivity index (χ2n) is 3.89. The zero-order chi connectivity index (χ0) is 17.7. The van der Waals surface area contributed by atoms with Gasteiger partial charge in [0, 0.05) is 4.91 Å². The first-order chi connectivity index (χ1) is 10.8. The minimum atomic E-state index is -1.22. The third-order valence-electron chi connectivity index (χ3n) is 2.05. The maximum atomic E-state index is 11.3. The molecular formula is C10H15N7O6. The molecule has 0 aliphatic heterocycles. The summed E-state index contributed by atoms with van der Waals surface area (Å²) in [6, 6.07) is 0. The monoisotopic (exact) mass is 329 g/mol. The van der Waals surface area contributed by atoms with Gasteiger partial charge >= 0.3 is 5.97 Å². The molecule has 0 heterocycles. The molecule has 23 heavy (non-hydrogen) atoms. The Morgan fingerprint density at radius 1 is 0.783 bits per heavy atom. The van der Waals surface area contributed by atoms with E-state index in [2.05, 4.69) is 26.0 Å². The predicted molar refractivity (Wildman–Crippen MR) is 73.7 cm³/mol. The predicted octanol–water partition coefficient (Wildman–Crippen LogP) is -3.15. The van der Waals surface area contributed by atoms with Crippen LogP contribution in [0.25, 0.3) is 10.4 Å². The summed E-state index contributed by atoms with van der Waals surface area (Å²) in [5.74, 6) is -3.91. The van der Waals surface area contributed by atoms with E-state index >= 15 is 0 Å². The van der Waals surface area contributed by atoms with Crippen LogP contribution < -0.4 is 21.3 Å². The molecule has 0 rings (SSSR count). The highest BCUT2D eigenvalue weighted by Crippen LogP contribution is 1.74. The van der Waals surface area contributed by atoms with Gasteiger partial charge in [0.2, 0.25) is 23.6 Å². The van der Waals surface area contributed by atoms with Crippen molar-refractivity contribution in [2.45, 2.75) is 0 Å². The van der Waals surface area contributed by atoms with Gasteiger partial charge in [0.1, 0.15) is 13.1 Å². The van der Waals surface area contributed by atoms with E-state index in [9.17, 15) is 24.0 Å². The molecule has 4 amide bonds. The van der Waals surface area contributed by atoms with Gasteiger partial charge in [-0.25, -0.2) is 0 Å². The second-order valence-corrected chi connectivity index (χ2v) is 3.89. The third kappa shape index (κ3) is 12.1. The van der Waals surface area contributed by atoms with Crippen molar-refractivity contribution in [3.63, 3.8) is 0 Å². The summed E-state index contributed by atoms with van der Waals surface area (Å²) in [6.45, 7) is -2.30. The van der Waals surface area contributed by atoms with Crippen molar-refractivity contribution in [2.24, 2.45) is 5.11 Å². The van der Waals surface area contributed by atoms with Crippen molar-refractivity contribution in [3.8, 4) is 0 Å². The maximum Gasteiger partial charge on any atom is 0.322 e. The SMILES string of the molecule is [N-]=[N+]=NCC(=O)NCC(=O)NCC(=O)NCC(=O)NCC(=O)O. The molecule has 13 nitrogen and oxygen atoms in total. The summed E-state index contributed by atoms with van der Waals surface area (Å²) in [7, 11) is 0. The Balaban J connectivity index is 3.81. The molecule has 0 fully saturated rings. The minimum Gasteiger partial charge on any atom is -0.480 e. The number of carbonyl (C=O) groups excluding carboxylic acids is 4. The number of nitrogens with zero attached hydrogens (tertiary/aromatic N) is 3. The number of hydrogen-bond acceptors (Lipinski definition) is 6. The maximum absolute atomic E-state index is 11.3. The number of amides is 4. The van der Waals surface area contributed by atoms with Gasteiger partial charge in [-0.3, -0.25) is 24.0 Å². The summed E-state index contributed by atoms with van der Waals surface area (Å²) < 4.78 is 0. The Labute approximate surface area is 129 Å². The van der Waals surface area contributed by atoms with Gasteiger partial charge in [-0.15, -0.1) is 0 Å². The van der Waals surface area contributed by atoms with Crippen LogP contribution in [-0.4, -0.2) is 67.4 Å². The number of azide groups is 1. The highest BCUT2D eigenvalue weighted by atomic mass is 16.4. The van der Waals surface area contributed by atoms with Crippen molar-refractivity contribution in [1.29, 1.82) is 0 Å². The summed E-state index contributed by atoms with van der Waals surface area (Å²) in [5, 5.41) is 19.8. The van der Waals surface area contributed by atoms with Crippen LogP contribution in [0.3, 0.4) is 0 Å². The van der Waals surface area contributed by atoms with Crippen LogP contribution in [0.5, 0.6) is 0 Å². The summed E-state index contributed by atoms with van der Waals surface area (Å²) in [5.41, 5.74) is 7.99. The molecule has 0 aromatic heterocycles. The number of carboxylic acid groups (broad SMARTS) is 1. The molecule has 126 valence electrons. The molecule has 0 aromatic rings. The van der Waals surface area contributed by atoms with Gasteiger partial charge < -0.3 is 26.4 Å². The fourth-order valence-corrected chi connectivity index (χ4v) is 1.05. The number of carboxylic acids is 1. The first-order valence-corrected chi connectivity index (χ1v) is 6.14. The van der Waals surface area contributed by atoms with Crippen LogP contribution in [0.2, 0.25) is 0 Å². The molecular weight excluding hydrogens is 314 g/mol. The van der Waals surface area contributed by atoms with E-state index < -0.39 is 62.3 Å². The van der Waals surface area contributed by atoms with E-state index in [0.717, 1.165) is 0 Å². The lowest BCUT2D eigenvalue weighted by Crippen LogP contribution is -2.45. The van der Waals surface area contributed by atoms with Crippen molar-refractivity contribution in [2.75, 3.05) is 32.7 Å². The van der Waals surface area contributed by atoms with Crippen LogP contribution in [-0.2, 0) is 24.0 Å². The average Bonchev–Trinajstić information content (AvgIpc) is 2.52. The fourth-order valence-electron chi connectivity index (χ4n) is 1.05. The van der Waals surface area contributed by atoms with Gasteiger partial charge in [0.25, 0.3) is 0 Å². The Kier molecular flexibility index (Phi) is 9.69. The summed E-state index contributed by atoms with van der Waals surface area (Å²) in [4.78, 5) is 57.2. The molecule has 0 radical (unpaired) electrons. The molecule has 0 saturated heterocycles. The lowest BCUT2D eigenvalue weighted by Gasteiger charge is -2.07. The zero-order valence-electron chi connectivity index (χ0n) is 11.9. The average molecular weight is 329 g/mol. The van der Waals surface area contributed by atoms with E-state index in [-0.39, 0.29) is 0 Å². The Morgan fingerprint density at radius 2 is 1.17 bits per heavy atom. The lowest BCUT2D eigenvalue weighted by atomic mass is 10.4. The molecule has 0 bridgehead atoms. The Bertz CT molecular complexity index is 528.